The Hall–Kier alpha value is -3.07. The number of furan rings is 1. The lowest BCUT2D eigenvalue weighted by molar-refractivity contribution is 0.473. The first-order chi connectivity index (χ1) is 14.8. The molecule has 30 heavy (non-hydrogen) atoms. The average Bonchev–Trinajstić information content (AvgIpc) is 3.56. The van der Waals surface area contributed by atoms with Crippen LogP contribution in [-0.4, -0.2) is 38.1 Å². The number of aromatic nitrogens is 5. The molecule has 0 spiro atoms. The summed E-state index contributed by atoms with van der Waals surface area (Å²) in [6, 6.07) is 14.0. The highest BCUT2D eigenvalue weighted by atomic mass is 32.2. The van der Waals surface area contributed by atoms with Crippen LogP contribution in [0.3, 0.4) is 0 Å². The Morgan fingerprint density at radius 2 is 1.73 bits per heavy atom. The summed E-state index contributed by atoms with van der Waals surface area (Å²) in [5, 5.41) is 18.1. The zero-order chi connectivity index (χ0) is 20.2. The third-order valence-electron chi connectivity index (χ3n) is 5.01. The van der Waals surface area contributed by atoms with Crippen LogP contribution in [0.15, 0.2) is 62.7 Å². The van der Waals surface area contributed by atoms with Gasteiger partial charge in [0.25, 0.3) is 0 Å². The Bertz CT molecular complexity index is 1070. The van der Waals surface area contributed by atoms with Crippen LogP contribution in [0, 0.1) is 0 Å². The van der Waals surface area contributed by atoms with Crippen molar-refractivity contribution in [3.8, 4) is 0 Å². The van der Waals surface area contributed by atoms with E-state index < -0.39 is 0 Å². The largest absolute Gasteiger partial charge is 0.467 e. The lowest BCUT2D eigenvalue weighted by Crippen LogP contribution is -2.22. The van der Waals surface area contributed by atoms with Crippen LogP contribution in [0.1, 0.15) is 35.9 Å². The summed E-state index contributed by atoms with van der Waals surface area (Å²) in [7, 11) is 0. The average molecular weight is 423 g/mol. The first-order valence-electron chi connectivity index (χ1n) is 10.0. The molecule has 0 unspecified atom stereocenters. The summed E-state index contributed by atoms with van der Waals surface area (Å²) in [6.07, 6.45) is 4.69. The Balaban J connectivity index is 1.30. The number of nitrogens with zero attached hydrogens (tertiary/aromatic N) is 6. The van der Waals surface area contributed by atoms with E-state index in [1.807, 2.05) is 30.3 Å². The maximum absolute atomic E-state index is 5.83. The van der Waals surface area contributed by atoms with Crippen LogP contribution in [0.5, 0.6) is 0 Å². The van der Waals surface area contributed by atoms with Crippen LogP contribution in [-0.2, 0) is 18.7 Å². The van der Waals surface area contributed by atoms with Gasteiger partial charge in [-0.2, -0.15) is 0 Å². The molecule has 8 nitrogen and oxygen atoms in total. The molecule has 1 aromatic carbocycles. The molecule has 9 heteroatoms. The van der Waals surface area contributed by atoms with Gasteiger partial charge in [-0.25, -0.2) is 0 Å². The lowest BCUT2D eigenvalue weighted by Gasteiger charge is -2.17. The first-order valence-corrected chi connectivity index (χ1v) is 11.0. The van der Waals surface area contributed by atoms with E-state index in [4.69, 9.17) is 8.83 Å². The minimum absolute atomic E-state index is 0.540. The smallest absolute Gasteiger partial charge is 0.228 e. The second-order valence-electron chi connectivity index (χ2n) is 7.18. The topological polar surface area (TPSA) is 86.0 Å². The summed E-state index contributed by atoms with van der Waals surface area (Å²) < 4.78 is 13.5. The third-order valence-corrected chi connectivity index (χ3v) is 5.96. The van der Waals surface area contributed by atoms with Gasteiger partial charge >= 0.3 is 0 Å². The molecule has 0 aliphatic carbocycles. The standard InChI is InChI=1S/C21H22N6O2S/c1-2-7-16(8-3-1)13-18-22-23-19(29-18)15-30-21-25-24-20(26-10-4-5-11-26)27(21)14-17-9-6-12-28-17/h1-3,6-9,12H,4-5,10-11,13-15H2. The van der Waals surface area contributed by atoms with Gasteiger partial charge in [0.05, 0.1) is 25.0 Å². The molecule has 0 radical (unpaired) electrons. The quantitative estimate of drug-likeness (QED) is 0.397. The molecule has 0 atom stereocenters. The summed E-state index contributed by atoms with van der Waals surface area (Å²) in [4.78, 5) is 2.28. The molecule has 0 saturated carbocycles. The fourth-order valence-electron chi connectivity index (χ4n) is 3.55. The highest BCUT2D eigenvalue weighted by Gasteiger charge is 2.22. The summed E-state index contributed by atoms with van der Waals surface area (Å²) in [5.74, 6) is 3.51. The number of hydrogen-bond donors (Lipinski definition) is 0. The zero-order valence-electron chi connectivity index (χ0n) is 16.5. The van der Waals surface area contributed by atoms with Crippen molar-refractivity contribution in [3.05, 3.63) is 71.8 Å². The van der Waals surface area contributed by atoms with E-state index in [0.29, 0.717) is 30.5 Å². The summed E-state index contributed by atoms with van der Waals surface area (Å²) in [6.45, 7) is 2.61. The number of anilines is 1. The van der Waals surface area contributed by atoms with Crippen molar-refractivity contribution in [2.75, 3.05) is 18.0 Å². The maximum atomic E-state index is 5.83. The molecular weight excluding hydrogens is 400 g/mol. The molecule has 1 aliphatic rings. The van der Waals surface area contributed by atoms with E-state index >= 15 is 0 Å². The molecule has 1 aliphatic heterocycles. The van der Waals surface area contributed by atoms with Gasteiger partial charge in [0.15, 0.2) is 5.16 Å². The van der Waals surface area contributed by atoms with Crippen LogP contribution < -0.4 is 4.90 Å². The molecule has 0 bridgehead atoms. The van der Waals surface area contributed by atoms with Crippen molar-refractivity contribution in [1.82, 2.24) is 25.0 Å². The van der Waals surface area contributed by atoms with Crippen molar-refractivity contribution in [2.24, 2.45) is 0 Å². The molecule has 5 rings (SSSR count). The Labute approximate surface area is 178 Å². The molecule has 4 heterocycles. The van der Waals surface area contributed by atoms with Gasteiger partial charge in [-0.15, -0.1) is 20.4 Å². The van der Waals surface area contributed by atoms with Crippen molar-refractivity contribution in [1.29, 1.82) is 0 Å². The Morgan fingerprint density at radius 1 is 0.900 bits per heavy atom. The van der Waals surface area contributed by atoms with Gasteiger partial charge in [0.1, 0.15) is 5.76 Å². The van der Waals surface area contributed by atoms with Crippen molar-refractivity contribution >= 4 is 17.7 Å². The monoisotopic (exact) mass is 422 g/mol. The predicted molar refractivity (Wildman–Crippen MR) is 112 cm³/mol. The highest BCUT2D eigenvalue weighted by molar-refractivity contribution is 7.98. The number of hydrogen-bond acceptors (Lipinski definition) is 8. The van der Waals surface area contributed by atoms with Crippen LogP contribution in [0.4, 0.5) is 5.95 Å². The fourth-order valence-corrected chi connectivity index (χ4v) is 4.32. The van der Waals surface area contributed by atoms with E-state index in [-0.39, 0.29) is 0 Å². The first kappa shape index (κ1) is 18.9. The lowest BCUT2D eigenvalue weighted by atomic mass is 10.2. The van der Waals surface area contributed by atoms with Gasteiger partial charge in [-0.3, -0.25) is 4.57 Å². The molecule has 154 valence electrons. The highest BCUT2D eigenvalue weighted by Crippen LogP contribution is 2.28. The fraction of sp³-hybridized carbons (Fsp3) is 0.333. The molecule has 0 amide bonds. The van der Waals surface area contributed by atoms with Crippen LogP contribution in [0.2, 0.25) is 0 Å². The molecule has 0 N–H and O–H groups in total. The van der Waals surface area contributed by atoms with Crippen molar-refractivity contribution < 1.29 is 8.83 Å². The predicted octanol–water partition coefficient (Wildman–Crippen LogP) is 3.79. The zero-order valence-corrected chi connectivity index (χ0v) is 17.3. The van der Waals surface area contributed by atoms with Gasteiger partial charge in [-0.1, -0.05) is 42.1 Å². The van der Waals surface area contributed by atoms with Crippen LogP contribution in [0.25, 0.3) is 0 Å². The van der Waals surface area contributed by atoms with E-state index in [9.17, 15) is 0 Å². The van der Waals surface area contributed by atoms with Gasteiger partial charge in [-0.05, 0) is 30.5 Å². The summed E-state index contributed by atoms with van der Waals surface area (Å²) >= 11 is 1.55. The molecule has 4 aromatic rings. The van der Waals surface area contributed by atoms with E-state index in [1.165, 1.54) is 12.8 Å². The minimum atomic E-state index is 0.540. The Morgan fingerprint density at radius 3 is 2.53 bits per heavy atom. The molecule has 1 fully saturated rings. The van der Waals surface area contributed by atoms with Crippen molar-refractivity contribution in [2.45, 2.75) is 36.7 Å². The normalized spacial score (nSPS) is 13.9. The molecule has 3 aromatic heterocycles. The molecular formula is C21H22N6O2S. The SMILES string of the molecule is c1ccc(Cc2nnc(CSc3nnc(N4CCCC4)n3Cc3ccco3)o2)cc1. The Kier molecular flexibility index (Phi) is 5.52. The van der Waals surface area contributed by atoms with E-state index in [2.05, 4.69) is 42.0 Å². The molecule has 1 saturated heterocycles. The third kappa shape index (κ3) is 4.25. The van der Waals surface area contributed by atoms with Gasteiger partial charge in [0, 0.05) is 13.1 Å². The second-order valence-corrected chi connectivity index (χ2v) is 8.13. The number of rotatable bonds is 8. The maximum Gasteiger partial charge on any atom is 0.228 e. The van der Waals surface area contributed by atoms with E-state index in [0.717, 1.165) is 35.5 Å². The minimum Gasteiger partial charge on any atom is -0.467 e. The van der Waals surface area contributed by atoms with Gasteiger partial charge in [0.2, 0.25) is 17.7 Å². The second kappa shape index (κ2) is 8.74. The van der Waals surface area contributed by atoms with Crippen molar-refractivity contribution in [3.63, 3.8) is 0 Å². The number of benzene rings is 1. The number of thioether (sulfide) groups is 1. The summed E-state index contributed by atoms with van der Waals surface area (Å²) in [5.41, 5.74) is 1.15. The van der Waals surface area contributed by atoms with Crippen LogP contribution >= 0.6 is 11.8 Å². The van der Waals surface area contributed by atoms with E-state index in [1.54, 1.807) is 18.0 Å². The van der Waals surface area contributed by atoms with Gasteiger partial charge < -0.3 is 13.7 Å².